The van der Waals surface area contributed by atoms with Crippen molar-refractivity contribution >= 4 is 34.2 Å². The minimum absolute atomic E-state index is 0.0174. The fourth-order valence-corrected chi connectivity index (χ4v) is 2.71. The van der Waals surface area contributed by atoms with Gasteiger partial charge in [-0.1, -0.05) is 11.6 Å². The average Bonchev–Trinajstić information content (AvgIpc) is 2.64. The van der Waals surface area contributed by atoms with Crippen molar-refractivity contribution in [3.05, 3.63) is 79.1 Å². The van der Waals surface area contributed by atoms with Gasteiger partial charge in [0.2, 0.25) is 0 Å². The van der Waals surface area contributed by atoms with E-state index in [1.807, 2.05) is 0 Å². The second-order valence-electron chi connectivity index (χ2n) is 5.45. The molecule has 0 amide bonds. The number of hydrogen-bond donors (Lipinski definition) is 0. The SMILES string of the molecule is COc1ccc2c(COC(=O)c3ccc([N+](=O)[O-])cc3Cl)cc(=O)oc2c1. The molecule has 27 heavy (non-hydrogen) atoms. The molecular formula is C18H12ClNO7. The summed E-state index contributed by atoms with van der Waals surface area (Å²) >= 11 is 5.92. The van der Waals surface area contributed by atoms with Crippen molar-refractivity contribution in [3.8, 4) is 5.75 Å². The maximum absolute atomic E-state index is 12.2. The normalized spacial score (nSPS) is 10.6. The number of non-ortho nitro benzene ring substituents is 1. The van der Waals surface area contributed by atoms with Crippen LogP contribution in [0.4, 0.5) is 5.69 Å². The molecule has 9 heteroatoms. The number of benzene rings is 2. The van der Waals surface area contributed by atoms with E-state index in [0.29, 0.717) is 22.3 Å². The molecular weight excluding hydrogens is 378 g/mol. The van der Waals surface area contributed by atoms with Crippen LogP contribution in [0.2, 0.25) is 5.02 Å². The van der Waals surface area contributed by atoms with E-state index in [0.717, 1.165) is 12.1 Å². The molecule has 0 atom stereocenters. The monoisotopic (exact) mass is 389 g/mol. The summed E-state index contributed by atoms with van der Waals surface area (Å²) in [6, 6.07) is 9.57. The van der Waals surface area contributed by atoms with Crippen molar-refractivity contribution in [2.75, 3.05) is 7.11 Å². The lowest BCUT2D eigenvalue weighted by atomic mass is 10.1. The van der Waals surface area contributed by atoms with Gasteiger partial charge >= 0.3 is 11.6 Å². The van der Waals surface area contributed by atoms with Crippen molar-refractivity contribution in [3.63, 3.8) is 0 Å². The lowest BCUT2D eigenvalue weighted by Crippen LogP contribution is -2.08. The lowest BCUT2D eigenvalue weighted by molar-refractivity contribution is -0.384. The molecule has 0 fully saturated rings. The number of nitrogens with zero attached hydrogens (tertiary/aromatic N) is 1. The molecule has 0 bridgehead atoms. The summed E-state index contributed by atoms with van der Waals surface area (Å²) in [6.45, 7) is -0.208. The van der Waals surface area contributed by atoms with Gasteiger partial charge in [-0.3, -0.25) is 10.1 Å². The molecule has 0 radical (unpaired) electrons. The maximum atomic E-state index is 12.2. The Morgan fingerprint density at radius 3 is 2.67 bits per heavy atom. The van der Waals surface area contributed by atoms with E-state index in [1.54, 1.807) is 18.2 Å². The molecule has 3 aromatic rings. The highest BCUT2D eigenvalue weighted by Gasteiger charge is 2.17. The van der Waals surface area contributed by atoms with Crippen molar-refractivity contribution in [2.24, 2.45) is 0 Å². The summed E-state index contributed by atoms with van der Waals surface area (Å²) < 4.78 is 15.4. The first kappa shape index (κ1) is 18.4. The number of rotatable bonds is 5. The number of methoxy groups -OCH3 is 1. The van der Waals surface area contributed by atoms with Crippen LogP contribution < -0.4 is 10.4 Å². The van der Waals surface area contributed by atoms with E-state index in [2.05, 4.69) is 0 Å². The molecule has 0 aliphatic heterocycles. The first-order valence-electron chi connectivity index (χ1n) is 7.61. The Labute approximate surface area is 157 Å². The minimum atomic E-state index is -0.773. The number of carbonyl (C=O) groups excluding carboxylic acids is 1. The number of nitro groups is 1. The smallest absolute Gasteiger partial charge is 0.339 e. The molecule has 0 aliphatic rings. The zero-order chi connectivity index (χ0) is 19.6. The van der Waals surface area contributed by atoms with Crippen LogP contribution in [0.5, 0.6) is 5.75 Å². The highest BCUT2D eigenvalue weighted by Crippen LogP contribution is 2.25. The third-order valence-corrected chi connectivity index (χ3v) is 4.09. The third-order valence-electron chi connectivity index (χ3n) is 3.78. The van der Waals surface area contributed by atoms with E-state index >= 15 is 0 Å². The van der Waals surface area contributed by atoms with Crippen LogP contribution in [0.3, 0.4) is 0 Å². The average molecular weight is 390 g/mol. The Bertz CT molecular complexity index is 1110. The van der Waals surface area contributed by atoms with Crippen LogP contribution in [-0.2, 0) is 11.3 Å². The summed E-state index contributed by atoms with van der Waals surface area (Å²) in [5.74, 6) is -0.262. The predicted octanol–water partition coefficient (Wildman–Crippen LogP) is 3.72. The van der Waals surface area contributed by atoms with Gasteiger partial charge in [-0.05, 0) is 18.2 Å². The van der Waals surface area contributed by atoms with E-state index in [9.17, 15) is 19.7 Å². The predicted molar refractivity (Wildman–Crippen MR) is 96.3 cm³/mol. The molecule has 0 unspecified atom stereocenters. The van der Waals surface area contributed by atoms with Crippen molar-refractivity contribution < 1.29 is 23.6 Å². The zero-order valence-electron chi connectivity index (χ0n) is 13.9. The van der Waals surface area contributed by atoms with Gasteiger partial charge in [-0.15, -0.1) is 0 Å². The fourth-order valence-electron chi connectivity index (χ4n) is 2.46. The first-order chi connectivity index (χ1) is 12.9. The molecule has 0 N–H and O–H groups in total. The van der Waals surface area contributed by atoms with Gasteiger partial charge in [0.1, 0.15) is 17.9 Å². The number of halogens is 1. The van der Waals surface area contributed by atoms with Gasteiger partial charge in [0.15, 0.2) is 0 Å². The number of hydrogen-bond acceptors (Lipinski definition) is 7. The molecule has 0 aliphatic carbocycles. The summed E-state index contributed by atoms with van der Waals surface area (Å²) in [5.41, 5.74) is -0.125. The van der Waals surface area contributed by atoms with Crippen molar-refractivity contribution in [1.82, 2.24) is 0 Å². The Morgan fingerprint density at radius 2 is 2.00 bits per heavy atom. The largest absolute Gasteiger partial charge is 0.497 e. The number of fused-ring (bicyclic) bond motifs is 1. The molecule has 138 valence electrons. The highest BCUT2D eigenvalue weighted by molar-refractivity contribution is 6.33. The molecule has 0 saturated heterocycles. The molecule has 2 aromatic carbocycles. The van der Waals surface area contributed by atoms with Crippen LogP contribution in [0, 0.1) is 10.1 Å². The Morgan fingerprint density at radius 1 is 1.22 bits per heavy atom. The Hall–Kier alpha value is -3.39. The zero-order valence-corrected chi connectivity index (χ0v) is 14.7. The van der Waals surface area contributed by atoms with Gasteiger partial charge in [0.05, 0.1) is 22.6 Å². The molecule has 8 nitrogen and oxygen atoms in total. The van der Waals surface area contributed by atoms with Gasteiger partial charge in [0.25, 0.3) is 5.69 Å². The van der Waals surface area contributed by atoms with Crippen LogP contribution in [0.15, 0.2) is 51.7 Å². The fraction of sp³-hybridized carbons (Fsp3) is 0.111. The second kappa shape index (κ2) is 7.46. The Kier molecular flexibility index (Phi) is 5.09. The van der Waals surface area contributed by atoms with Crippen LogP contribution in [0.1, 0.15) is 15.9 Å². The van der Waals surface area contributed by atoms with E-state index in [4.69, 9.17) is 25.5 Å². The standard InChI is InChI=1S/C18H12ClNO7/c1-25-12-3-5-13-10(6-17(21)27-16(13)8-12)9-26-18(22)14-4-2-11(20(23)24)7-15(14)19/h2-8H,9H2,1H3. The summed E-state index contributed by atoms with van der Waals surface area (Å²) in [6.07, 6.45) is 0. The molecule has 0 saturated carbocycles. The maximum Gasteiger partial charge on any atom is 0.339 e. The number of carbonyl (C=O) groups is 1. The summed E-state index contributed by atoms with van der Waals surface area (Å²) in [4.78, 5) is 34.1. The van der Waals surface area contributed by atoms with Gasteiger partial charge in [-0.2, -0.15) is 0 Å². The first-order valence-corrected chi connectivity index (χ1v) is 7.98. The summed E-state index contributed by atoms with van der Waals surface area (Å²) in [5, 5.41) is 11.2. The van der Waals surface area contributed by atoms with Gasteiger partial charge in [0, 0.05) is 35.2 Å². The van der Waals surface area contributed by atoms with Gasteiger partial charge < -0.3 is 13.9 Å². The van der Waals surface area contributed by atoms with Crippen LogP contribution in [-0.4, -0.2) is 18.0 Å². The summed E-state index contributed by atoms with van der Waals surface area (Å²) in [7, 11) is 1.48. The van der Waals surface area contributed by atoms with Crippen LogP contribution in [0.25, 0.3) is 11.0 Å². The number of nitro benzene ring substituents is 1. The molecule has 0 spiro atoms. The number of ether oxygens (including phenoxy) is 2. The van der Waals surface area contributed by atoms with E-state index in [1.165, 1.54) is 19.2 Å². The van der Waals surface area contributed by atoms with E-state index in [-0.39, 0.29) is 22.9 Å². The third kappa shape index (κ3) is 3.90. The van der Waals surface area contributed by atoms with Crippen molar-refractivity contribution in [2.45, 2.75) is 6.61 Å². The Balaban J connectivity index is 1.85. The number of esters is 1. The quantitative estimate of drug-likeness (QED) is 0.283. The lowest BCUT2D eigenvalue weighted by Gasteiger charge is -2.09. The van der Waals surface area contributed by atoms with Crippen molar-refractivity contribution in [1.29, 1.82) is 0 Å². The highest BCUT2D eigenvalue weighted by atomic mass is 35.5. The molecule has 1 aromatic heterocycles. The van der Waals surface area contributed by atoms with E-state index < -0.39 is 16.5 Å². The van der Waals surface area contributed by atoms with Gasteiger partial charge in [-0.25, -0.2) is 9.59 Å². The minimum Gasteiger partial charge on any atom is -0.497 e. The molecule has 1 heterocycles. The van der Waals surface area contributed by atoms with Crippen LogP contribution >= 0.6 is 11.6 Å². The second-order valence-corrected chi connectivity index (χ2v) is 5.86. The topological polar surface area (TPSA) is 109 Å². The molecule has 3 rings (SSSR count).